The van der Waals surface area contributed by atoms with E-state index >= 15 is 8.78 Å². The van der Waals surface area contributed by atoms with Gasteiger partial charge in [0.25, 0.3) is 0 Å². The van der Waals surface area contributed by atoms with Crippen LogP contribution in [-0.4, -0.2) is 23.7 Å². The molecule has 3 aliphatic carbocycles. The lowest BCUT2D eigenvalue weighted by molar-refractivity contribution is 0.0979. The normalized spacial score (nSPS) is 19.4. The van der Waals surface area contributed by atoms with Gasteiger partial charge < -0.3 is 10.6 Å². The van der Waals surface area contributed by atoms with Crippen molar-refractivity contribution in [2.75, 3.05) is 10.6 Å². The van der Waals surface area contributed by atoms with Crippen molar-refractivity contribution in [3.05, 3.63) is 58.2 Å². The van der Waals surface area contributed by atoms with E-state index in [4.69, 9.17) is 0 Å². The summed E-state index contributed by atoms with van der Waals surface area (Å²) in [5.41, 5.74) is 0.100. The SMILES string of the molecule is O=C1c2ccccc2C(=O)c2c(NC3CCCCC3)c(F)c(F)c(NC3CCCCC3)c21. The summed E-state index contributed by atoms with van der Waals surface area (Å²) in [5.74, 6) is -3.01. The second-order valence-electron chi connectivity index (χ2n) is 9.29. The van der Waals surface area contributed by atoms with Gasteiger partial charge in [0.15, 0.2) is 23.2 Å². The number of benzene rings is 2. The van der Waals surface area contributed by atoms with Gasteiger partial charge in [0.2, 0.25) is 0 Å². The average molecular weight is 439 g/mol. The zero-order valence-electron chi connectivity index (χ0n) is 18.1. The number of nitrogens with one attached hydrogen (secondary N) is 2. The second-order valence-corrected chi connectivity index (χ2v) is 9.29. The van der Waals surface area contributed by atoms with Gasteiger partial charge in [-0.05, 0) is 25.7 Å². The largest absolute Gasteiger partial charge is 0.379 e. The van der Waals surface area contributed by atoms with Crippen molar-refractivity contribution in [3.63, 3.8) is 0 Å². The molecule has 0 heterocycles. The van der Waals surface area contributed by atoms with E-state index in [1.54, 1.807) is 24.3 Å². The first-order valence-electron chi connectivity index (χ1n) is 11.8. The average Bonchev–Trinajstić information content (AvgIpc) is 2.83. The Balaban J connectivity index is 1.67. The number of fused-ring (bicyclic) bond motifs is 2. The molecular weight excluding hydrogens is 410 g/mol. The van der Waals surface area contributed by atoms with Crippen LogP contribution in [0, 0.1) is 11.6 Å². The van der Waals surface area contributed by atoms with Crippen molar-refractivity contribution in [2.45, 2.75) is 76.3 Å². The maximum Gasteiger partial charge on any atom is 0.196 e. The smallest absolute Gasteiger partial charge is 0.196 e. The van der Waals surface area contributed by atoms with Gasteiger partial charge in [-0.2, -0.15) is 0 Å². The van der Waals surface area contributed by atoms with Gasteiger partial charge in [0, 0.05) is 23.2 Å². The number of carbonyl (C=O) groups is 2. The van der Waals surface area contributed by atoms with Crippen LogP contribution in [0.5, 0.6) is 0 Å². The Bertz CT molecular complexity index is 986. The fraction of sp³-hybridized carbons (Fsp3) is 0.462. The third-order valence-corrected chi connectivity index (χ3v) is 7.16. The third-order valence-electron chi connectivity index (χ3n) is 7.16. The Morgan fingerprint density at radius 1 is 0.625 bits per heavy atom. The van der Waals surface area contributed by atoms with E-state index in [9.17, 15) is 9.59 Å². The lowest BCUT2D eigenvalue weighted by atomic mass is 9.81. The highest BCUT2D eigenvalue weighted by atomic mass is 19.2. The molecule has 6 heteroatoms. The quantitative estimate of drug-likeness (QED) is 0.507. The third kappa shape index (κ3) is 3.59. The molecule has 2 aromatic rings. The Morgan fingerprint density at radius 3 is 1.38 bits per heavy atom. The molecule has 0 bridgehead atoms. The Labute approximate surface area is 186 Å². The Hall–Kier alpha value is -2.76. The molecule has 0 aliphatic heterocycles. The van der Waals surface area contributed by atoms with E-state index in [-0.39, 0.29) is 45.7 Å². The molecule has 0 atom stereocenters. The minimum Gasteiger partial charge on any atom is -0.379 e. The molecular formula is C26H28F2N2O2. The van der Waals surface area contributed by atoms with E-state index in [2.05, 4.69) is 10.6 Å². The number of hydrogen-bond donors (Lipinski definition) is 2. The van der Waals surface area contributed by atoms with E-state index < -0.39 is 23.2 Å². The minimum atomic E-state index is -1.08. The first-order valence-corrected chi connectivity index (χ1v) is 11.8. The highest BCUT2D eigenvalue weighted by Crippen LogP contribution is 2.42. The molecule has 4 nitrogen and oxygen atoms in total. The Morgan fingerprint density at radius 2 is 1.00 bits per heavy atom. The molecule has 0 radical (unpaired) electrons. The van der Waals surface area contributed by atoms with Crippen molar-refractivity contribution in [3.8, 4) is 0 Å². The predicted molar refractivity (Wildman–Crippen MR) is 121 cm³/mol. The maximum atomic E-state index is 15.5. The van der Waals surface area contributed by atoms with Gasteiger partial charge in [-0.15, -0.1) is 0 Å². The van der Waals surface area contributed by atoms with Gasteiger partial charge in [-0.3, -0.25) is 9.59 Å². The van der Waals surface area contributed by atoms with Crippen LogP contribution in [-0.2, 0) is 0 Å². The van der Waals surface area contributed by atoms with Crippen molar-refractivity contribution < 1.29 is 18.4 Å². The number of halogens is 2. The second kappa shape index (κ2) is 8.64. The van der Waals surface area contributed by atoms with Crippen LogP contribution in [0.15, 0.2) is 24.3 Å². The number of hydrogen-bond acceptors (Lipinski definition) is 4. The van der Waals surface area contributed by atoms with Gasteiger partial charge >= 0.3 is 0 Å². The van der Waals surface area contributed by atoms with E-state index in [1.165, 1.54) is 0 Å². The molecule has 32 heavy (non-hydrogen) atoms. The number of anilines is 2. The van der Waals surface area contributed by atoms with Gasteiger partial charge in [0.1, 0.15) is 0 Å². The molecule has 5 rings (SSSR count). The lowest BCUT2D eigenvalue weighted by Crippen LogP contribution is -2.31. The van der Waals surface area contributed by atoms with Crippen LogP contribution in [0.4, 0.5) is 20.2 Å². The fourth-order valence-electron chi connectivity index (χ4n) is 5.46. The van der Waals surface area contributed by atoms with Crippen LogP contribution in [0.25, 0.3) is 0 Å². The summed E-state index contributed by atoms with van der Waals surface area (Å²) in [6.07, 6.45) is 9.55. The summed E-state index contributed by atoms with van der Waals surface area (Å²) in [6.45, 7) is 0. The van der Waals surface area contributed by atoms with Gasteiger partial charge in [-0.25, -0.2) is 8.78 Å². The minimum absolute atomic E-state index is 0.0310. The summed E-state index contributed by atoms with van der Waals surface area (Å²) in [4.78, 5) is 27.0. The predicted octanol–water partition coefficient (Wildman–Crippen LogP) is 6.23. The molecule has 2 saturated carbocycles. The standard InChI is InChI=1S/C26H28F2N2O2/c27-21-22(28)24(30-16-11-5-2-6-12-16)20-19(23(21)29-15-9-3-1-4-10-15)25(31)17-13-7-8-14-18(17)26(20)32/h7-8,13-16,29-30H,1-6,9-12H2. The van der Waals surface area contributed by atoms with Crippen LogP contribution in [0.3, 0.4) is 0 Å². The summed E-state index contributed by atoms with van der Waals surface area (Å²) < 4.78 is 31.0. The van der Waals surface area contributed by atoms with E-state index in [0.717, 1.165) is 64.2 Å². The number of carbonyl (C=O) groups excluding carboxylic acids is 2. The zero-order chi connectivity index (χ0) is 22.2. The van der Waals surface area contributed by atoms with E-state index in [1.807, 2.05) is 0 Å². The van der Waals surface area contributed by atoms with Crippen LogP contribution >= 0.6 is 0 Å². The molecule has 2 aromatic carbocycles. The topological polar surface area (TPSA) is 58.2 Å². The van der Waals surface area contributed by atoms with Crippen LogP contribution < -0.4 is 10.6 Å². The number of ketones is 2. The van der Waals surface area contributed by atoms with Crippen molar-refractivity contribution in [1.82, 2.24) is 0 Å². The molecule has 0 saturated heterocycles. The molecule has 2 N–H and O–H groups in total. The molecule has 0 aromatic heterocycles. The monoisotopic (exact) mass is 438 g/mol. The molecule has 2 fully saturated rings. The lowest BCUT2D eigenvalue weighted by Gasteiger charge is -2.31. The summed E-state index contributed by atoms with van der Waals surface area (Å²) >= 11 is 0. The zero-order valence-corrected chi connectivity index (χ0v) is 18.1. The highest BCUT2D eigenvalue weighted by molar-refractivity contribution is 6.32. The highest BCUT2D eigenvalue weighted by Gasteiger charge is 2.39. The first kappa shape index (κ1) is 21.1. The fourth-order valence-corrected chi connectivity index (χ4v) is 5.46. The summed E-state index contributed by atoms with van der Waals surface area (Å²) in [6, 6.07) is 6.45. The van der Waals surface area contributed by atoms with Crippen molar-refractivity contribution in [1.29, 1.82) is 0 Å². The molecule has 0 spiro atoms. The van der Waals surface area contributed by atoms with Crippen molar-refractivity contribution >= 4 is 22.9 Å². The first-order chi connectivity index (χ1) is 15.6. The van der Waals surface area contributed by atoms with Gasteiger partial charge in [-0.1, -0.05) is 62.8 Å². The maximum absolute atomic E-state index is 15.5. The Kier molecular flexibility index (Phi) is 5.70. The van der Waals surface area contributed by atoms with Crippen LogP contribution in [0.2, 0.25) is 0 Å². The molecule has 0 unspecified atom stereocenters. The van der Waals surface area contributed by atoms with Crippen LogP contribution in [0.1, 0.15) is 96.1 Å². The summed E-state index contributed by atoms with van der Waals surface area (Å²) in [7, 11) is 0. The molecule has 0 amide bonds. The number of rotatable bonds is 4. The van der Waals surface area contributed by atoms with E-state index in [0.29, 0.717) is 0 Å². The van der Waals surface area contributed by atoms with Crippen molar-refractivity contribution in [2.24, 2.45) is 0 Å². The molecule has 3 aliphatic rings. The van der Waals surface area contributed by atoms with Gasteiger partial charge in [0.05, 0.1) is 22.5 Å². The summed E-state index contributed by atoms with van der Waals surface area (Å²) in [5, 5.41) is 6.23. The molecule has 168 valence electrons.